The van der Waals surface area contributed by atoms with E-state index in [1.807, 2.05) is 6.08 Å². The van der Waals surface area contributed by atoms with Crippen molar-refractivity contribution in [1.82, 2.24) is 9.80 Å². The van der Waals surface area contributed by atoms with Gasteiger partial charge in [0, 0.05) is 25.3 Å². The van der Waals surface area contributed by atoms with Gasteiger partial charge in [0.15, 0.2) is 0 Å². The fourth-order valence-electron chi connectivity index (χ4n) is 2.87. The Morgan fingerprint density at radius 1 is 0.889 bits per heavy atom. The summed E-state index contributed by atoms with van der Waals surface area (Å²) in [7, 11) is 4.36. The fraction of sp³-hybridized carbons (Fsp3) is 0.680. The number of hydrogen-bond donors (Lipinski definition) is 0. The van der Waals surface area contributed by atoms with Gasteiger partial charge in [0.05, 0.1) is 0 Å². The maximum Gasteiger partial charge on any atom is 0.0171 e. The summed E-state index contributed by atoms with van der Waals surface area (Å²) in [6, 6.07) is 0.633. The molecule has 0 aromatic rings. The Kier molecular flexibility index (Phi) is 14.0. The predicted octanol–water partition coefficient (Wildman–Crippen LogP) is 6.83. The number of unbranched alkanes of at least 4 members (excludes halogenated alkanes) is 2. The van der Waals surface area contributed by atoms with Crippen LogP contribution in [-0.4, -0.2) is 43.0 Å². The first-order chi connectivity index (χ1) is 12.7. The molecule has 0 saturated heterocycles. The molecule has 0 N–H and O–H groups in total. The van der Waals surface area contributed by atoms with Crippen molar-refractivity contribution in [1.29, 1.82) is 0 Å². The molecule has 0 atom stereocenters. The molecule has 0 aromatic carbocycles. The average molecular weight is 375 g/mol. The summed E-state index contributed by atoms with van der Waals surface area (Å²) >= 11 is 0. The zero-order valence-electron chi connectivity index (χ0n) is 19.4. The van der Waals surface area contributed by atoms with E-state index in [9.17, 15) is 0 Å². The molecule has 2 nitrogen and oxygen atoms in total. The first-order valence-electron chi connectivity index (χ1n) is 10.8. The van der Waals surface area contributed by atoms with E-state index in [1.165, 1.54) is 55.5 Å². The van der Waals surface area contributed by atoms with Crippen molar-refractivity contribution < 1.29 is 0 Å². The molecule has 0 amide bonds. The number of rotatable bonds is 15. The van der Waals surface area contributed by atoms with Crippen LogP contribution in [0.1, 0.15) is 73.1 Å². The molecule has 0 fully saturated rings. The largest absolute Gasteiger partial charge is 0.378 e. The topological polar surface area (TPSA) is 6.48 Å². The van der Waals surface area contributed by atoms with Gasteiger partial charge in [-0.05, 0) is 84.4 Å². The molecule has 0 aromatic heterocycles. The van der Waals surface area contributed by atoms with Crippen LogP contribution >= 0.6 is 0 Å². The van der Waals surface area contributed by atoms with E-state index in [1.54, 1.807) is 0 Å². The first-order valence-corrected chi connectivity index (χ1v) is 10.8. The molecule has 0 aliphatic rings. The van der Waals surface area contributed by atoms with E-state index in [2.05, 4.69) is 83.8 Å². The molecule has 0 heterocycles. The molecule has 0 aliphatic heterocycles. The Bertz CT molecular complexity index is 483. The van der Waals surface area contributed by atoms with Crippen molar-refractivity contribution in [3.8, 4) is 0 Å². The van der Waals surface area contributed by atoms with Gasteiger partial charge in [-0.1, -0.05) is 50.8 Å². The third kappa shape index (κ3) is 12.7. The quantitative estimate of drug-likeness (QED) is 0.229. The van der Waals surface area contributed by atoms with Gasteiger partial charge in [0.2, 0.25) is 0 Å². The monoisotopic (exact) mass is 374 g/mol. The van der Waals surface area contributed by atoms with Crippen LogP contribution in [0.25, 0.3) is 0 Å². The summed E-state index contributed by atoms with van der Waals surface area (Å²) in [5.74, 6) is 0.532. The van der Waals surface area contributed by atoms with Crippen molar-refractivity contribution in [2.75, 3.05) is 27.2 Å². The van der Waals surface area contributed by atoms with Gasteiger partial charge in [-0.2, -0.15) is 0 Å². The second-order valence-electron chi connectivity index (χ2n) is 8.51. The number of nitrogens with zero attached hydrogens (tertiary/aromatic N) is 2. The van der Waals surface area contributed by atoms with Crippen molar-refractivity contribution >= 4 is 0 Å². The lowest BCUT2D eigenvalue weighted by molar-refractivity contribution is 0.268. The summed E-state index contributed by atoms with van der Waals surface area (Å²) < 4.78 is 0. The van der Waals surface area contributed by atoms with E-state index in [-0.39, 0.29) is 0 Å². The molecule has 27 heavy (non-hydrogen) atoms. The van der Waals surface area contributed by atoms with Crippen LogP contribution in [0, 0.1) is 5.92 Å². The van der Waals surface area contributed by atoms with Crippen LogP contribution in [0.4, 0.5) is 0 Å². The first kappa shape index (κ1) is 25.7. The van der Waals surface area contributed by atoms with Crippen LogP contribution < -0.4 is 0 Å². The maximum atomic E-state index is 4.17. The predicted molar refractivity (Wildman–Crippen MR) is 124 cm³/mol. The molecule has 0 radical (unpaired) electrons. The molecule has 0 aliphatic carbocycles. The number of hydrogen-bond acceptors (Lipinski definition) is 2. The molecular weight excluding hydrogens is 328 g/mol. The third-order valence-electron chi connectivity index (χ3n) is 5.42. The van der Waals surface area contributed by atoms with Crippen molar-refractivity contribution in [3.05, 3.63) is 48.2 Å². The molecular formula is C25H46N2. The Morgan fingerprint density at radius 2 is 1.48 bits per heavy atom. The van der Waals surface area contributed by atoms with Crippen molar-refractivity contribution in [2.24, 2.45) is 5.92 Å². The highest BCUT2D eigenvalue weighted by atomic mass is 15.1. The van der Waals surface area contributed by atoms with E-state index < -0.39 is 0 Å². The molecule has 0 saturated carbocycles. The summed E-state index contributed by atoms with van der Waals surface area (Å²) in [5.41, 5.74) is 4.05. The standard InChI is InChI=1S/C25H46N2/c1-10-25(16-12-14-19-26(8)22(4)5)18-17-23(6)15-11-13-20-27(9)24(7)21(2)3/h10,17-18,21-22H,1,7,11-16,19-20H2,2-6,8-9H3/b23-17+,25-18+. The van der Waals surface area contributed by atoms with Crippen LogP contribution in [-0.2, 0) is 0 Å². The van der Waals surface area contributed by atoms with E-state index in [0.717, 1.165) is 13.0 Å². The van der Waals surface area contributed by atoms with Gasteiger partial charge in [-0.25, -0.2) is 0 Å². The zero-order valence-corrected chi connectivity index (χ0v) is 19.4. The van der Waals surface area contributed by atoms with Gasteiger partial charge >= 0.3 is 0 Å². The van der Waals surface area contributed by atoms with Gasteiger partial charge < -0.3 is 9.80 Å². The third-order valence-corrected chi connectivity index (χ3v) is 5.42. The highest BCUT2D eigenvalue weighted by Gasteiger charge is 2.05. The fourth-order valence-corrected chi connectivity index (χ4v) is 2.87. The summed E-state index contributed by atoms with van der Waals surface area (Å²) in [4.78, 5) is 4.71. The lowest BCUT2D eigenvalue weighted by atomic mass is 10.0. The van der Waals surface area contributed by atoms with Crippen molar-refractivity contribution in [2.45, 2.75) is 79.2 Å². The minimum Gasteiger partial charge on any atom is -0.378 e. The molecule has 0 rings (SSSR count). The van der Waals surface area contributed by atoms with Gasteiger partial charge in [0.1, 0.15) is 0 Å². The molecule has 2 heteroatoms. The van der Waals surface area contributed by atoms with Gasteiger partial charge in [0.25, 0.3) is 0 Å². The highest BCUT2D eigenvalue weighted by molar-refractivity contribution is 5.24. The van der Waals surface area contributed by atoms with E-state index in [4.69, 9.17) is 0 Å². The Hall–Kier alpha value is -1.28. The second kappa shape index (κ2) is 14.7. The van der Waals surface area contributed by atoms with E-state index >= 15 is 0 Å². The normalized spacial score (nSPS) is 13.0. The minimum absolute atomic E-state index is 0.532. The summed E-state index contributed by atoms with van der Waals surface area (Å²) in [5, 5.41) is 0. The molecule has 0 bridgehead atoms. The Balaban J connectivity index is 4.15. The Labute approximate surface area is 170 Å². The molecule has 0 spiro atoms. The lowest BCUT2D eigenvalue weighted by Crippen LogP contribution is -2.27. The lowest BCUT2D eigenvalue weighted by Gasteiger charge is -2.24. The van der Waals surface area contributed by atoms with Gasteiger partial charge in [-0.15, -0.1) is 0 Å². The maximum absolute atomic E-state index is 4.17. The summed E-state index contributed by atoms with van der Waals surface area (Å²) in [6.07, 6.45) is 13.8. The van der Waals surface area contributed by atoms with Crippen LogP contribution in [0.15, 0.2) is 48.2 Å². The Morgan fingerprint density at radius 3 is 2.04 bits per heavy atom. The molecule has 156 valence electrons. The number of allylic oxidation sites excluding steroid dienone is 6. The van der Waals surface area contributed by atoms with Crippen LogP contribution in [0.3, 0.4) is 0 Å². The smallest absolute Gasteiger partial charge is 0.0171 e. The highest BCUT2D eigenvalue weighted by Crippen LogP contribution is 2.15. The second-order valence-corrected chi connectivity index (χ2v) is 8.51. The SMILES string of the molecule is C=C/C(=C\C=C(/C)CCCCN(C)C(=C)C(C)C)CCCCN(C)C(C)C. The van der Waals surface area contributed by atoms with Crippen LogP contribution in [0.2, 0.25) is 0 Å². The zero-order chi connectivity index (χ0) is 20.8. The molecule has 0 unspecified atom stereocenters. The van der Waals surface area contributed by atoms with Crippen molar-refractivity contribution in [3.63, 3.8) is 0 Å². The minimum atomic E-state index is 0.532. The average Bonchev–Trinajstić information content (AvgIpc) is 2.63. The van der Waals surface area contributed by atoms with Crippen LogP contribution in [0.5, 0.6) is 0 Å². The van der Waals surface area contributed by atoms with Gasteiger partial charge in [-0.3, -0.25) is 0 Å². The summed E-state index contributed by atoms with van der Waals surface area (Å²) in [6.45, 7) is 21.6. The van der Waals surface area contributed by atoms with E-state index in [0.29, 0.717) is 12.0 Å².